The summed E-state index contributed by atoms with van der Waals surface area (Å²) >= 11 is 0. The van der Waals surface area contributed by atoms with Crippen molar-refractivity contribution in [3.05, 3.63) is 49.6 Å². The molecule has 0 saturated heterocycles. The van der Waals surface area contributed by atoms with E-state index in [0.717, 1.165) is 0 Å². The number of esters is 4. The summed E-state index contributed by atoms with van der Waals surface area (Å²) in [4.78, 5) is 45.8. The summed E-state index contributed by atoms with van der Waals surface area (Å²) in [6.07, 6.45) is 10.4. The minimum Gasteiger partial charge on any atom is -0.465 e. The molecule has 7 heteroatoms. The van der Waals surface area contributed by atoms with Gasteiger partial charge in [-0.15, -0.1) is 0 Å². The molecule has 0 bridgehead atoms. The molecule has 27 heavy (non-hydrogen) atoms. The summed E-state index contributed by atoms with van der Waals surface area (Å²) < 4.78 is 14.3. The van der Waals surface area contributed by atoms with E-state index in [1.165, 1.54) is 0 Å². The third-order valence-corrected chi connectivity index (χ3v) is 2.93. The highest BCUT2D eigenvalue weighted by Crippen LogP contribution is 2.01. The van der Waals surface area contributed by atoms with Crippen LogP contribution in [0.1, 0.15) is 38.5 Å². The van der Waals surface area contributed by atoms with Gasteiger partial charge in [0.05, 0.1) is 38.9 Å². The first-order valence-corrected chi connectivity index (χ1v) is 8.59. The number of ether oxygens (including phenoxy) is 3. The Hall–Kier alpha value is -2.96. The quantitative estimate of drug-likeness (QED) is 0.151. The Morgan fingerprint density at radius 3 is 1.37 bits per heavy atom. The second-order valence-electron chi connectivity index (χ2n) is 5.19. The maximum absolute atomic E-state index is 11.5. The highest BCUT2D eigenvalue weighted by atomic mass is 16.6. The molecular weight excluding hydrogens is 352 g/mol. The second kappa shape index (κ2) is 16.5. The molecule has 0 aliphatic carbocycles. The normalized spacial score (nSPS) is 10.5. The van der Waals surface area contributed by atoms with Gasteiger partial charge in [0.2, 0.25) is 0 Å². The zero-order chi connectivity index (χ0) is 20.3. The van der Waals surface area contributed by atoms with Crippen molar-refractivity contribution in [2.75, 3.05) is 13.2 Å². The predicted molar refractivity (Wildman–Crippen MR) is 99.4 cm³/mol. The van der Waals surface area contributed by atoms with E-state index in [1.54, 1.807) is 36.5 Å². The summed E-state index contributed by atoms with van der Waals surface area (Å²) in [5, 5.41) is 0. The average molecular weight is 378 g/mol. The second-order valence-corrected chi connectivity index (χ2v) is 5.19. The van der Waals surface area contributed by atoms with Crippen LogP contribution in [0.4, 0.5) is 0 Å². The first-order chi connectivity index (χ1) is 13.0. The first-order valence-electron chi connectivity index (χ1n) is 8.59. The monoisotopic (exact) mass is 378 g/mol. The Balaban J connectivity index is 3.80. The molecule has 0 aliphatic rings. The molecule has 0 spiro atoms. The van der Waals surface area contributed by atoms with Crippen LogP contribution in [0.2, 0.25) is 0 Å². The third kappa shape index (κ3) is 16.3. The van der Waals surface area contributed by atoms with Crippen LogP contribution in [-0.4, -0.2) is 37.1 Å². The van der Waals surface area contributed by atoms with Gasteiger partial charge in [-0.3, -0.25) is 19.2 Å². The Kier molecular flexibility index (Phi) is 14.7. The van der Waals surface area contributed by atoms with Crippen LogP contribution >= 0.6 is 0 Å². The van der Waals surface area contributed by atoms with Crippen LogP contribution in [0.25, 0.3) is 0 Å². The lowest BCUT2D eigenvalue weighted by Crippen LogP contribution is -2.16. The molecule has 0 amide bonds. The van der Waals surface area contributed by atoms with Gasteiger partial charge < -0.3 is 14.2 Å². The molecule has 0 aromatic heterocycles. The topological polar surface area (TPSA) is 96.0 Å². The molecule has 0 rings (SSSR count). The molecule has 0 saturated carbocycles. The number of hydrogen-bond donors (Lipinski definition) is 0. The van der Waals surface area contributed by atoms with Crippen LogP contribution in [0, 0.1) is 0 Å². The number of carbonyl (C=O) groups is 4. The zero-order valence-corrected chi connectivity index (χ0v) is 15.4. The highest BCUT2D eigenvalue weighted by molar-refractivity contribution is 5.88. The van der Waals surface area contributed by atoms with Crippen molar-refractivity contribution in [1.29, 1.82) is 0 Å². The molecule has 0 aliphatic heterocycles. The van der Waals surface area contributed by atoms with Gasteiger partial charge in [0.25, 0.3) is 0 Å². The van der Waals surface area contributed by atoms with Gasteiger partial charge in [0.15, 0.2) is 0 Å². The van der Waals surface area contributed by atoms with E-state index in [1.807, 2.05) is 0 Å². The number of hydrogen-bond acceptors (Lipinski definition) is 7. The molecule has 0 unspecified atom stereocenters. The number of allylic oxidation sites excluding steroid dienone is 4. The average Bonchev–Trinajstić information content (AvgIpc) is 2.64. The van der Waals surface area contributed by atoms with Gasteiger partial charge in [-0.25, -0.2) is 0 Å². The Labute approximate surface area is 159 Å². The predicted octanol–water partition coefficient (Wildman–Crippen LogP) is 2.97. The van der Waals surface area contributed by atoms with Crippen LogP contribution in [0.5, 0.6) is 0 Å². The molecule has 0 atom stereocenters. The molecule has 0 heterocycles. The number of rotatable bonds is 14. The fourth-order valence-electron chi connectivity index (χ4n) is 1.65. The molecule has 0 fully saturated rings. The fraction of sp³-hybridized carbons (Fsp3) is 0.400. The van der Waals surface area contributed by atoms with E-state index in [9.17, 15) is 19.2 Å². The molecule has 0 radical (unpaired) electrons. The summed E-state index contributed by atoms with van der Waals surface area (Å²) in [5.74, 6) is -2.79. The lowest BCUT2D eigenvalue weighted by molar-refractivity contribution is -0.162. The first kappa shape index (κ1) is 24.0. The van der Waals surface area contributed by atoms with Gasteiger partial charge >= 0.3 is 23.9 Å². The Morgan fingerprint density at radius 1 is 0.630 bits per heavy atom. The zero-order valence-electron chi connectivity index (χ0n) is 15.4. The number of carbonyl (C=O) groups excluding carboxylic acids is 4. The van der Waals surface area contributed by atoms with Crippen LogP contribution in [0.15, 0.2) is 49.6 Å². The molecule has 0 aromatic rings. The largest absolute Gasteiger partial charge is 0.465 e. The standard InChI is InChI=1S/C20H26O7/c1-3-5-7-9-15-25-17(21)11-13-19(23)27-20(24)14-12-18(22)26-16-10-8-6-4-2/h3-8H,1-2,9-16H2/b7-5+,8-6+. The lowest BCUT2D eigenvalue weighted by Gasteiger charge is -2.05. The van der Waals surface area contributed by atoms with Gasteiger partial charge in [0, 0.05) is 0 Å². The molecule has 148 valence electrons. The summed E-state index contributed by atoms with van der Waals surface area (Å²) in [7, 11) is 0. The van der Waals surface area contributed by atoms with E-state index in [-0.39, 0.29) is 38.9 Å². The lowest BCUT2D eigenvalue weighted by atomic mass is 10.3. The fourth-order valence-corrected chi connectivity index (χ4v) is 1.65. The van der Waals surface area contributed by atoms with Crippen LogP contribution in [-0.2, 0) is 33.4 Å². The Bertz CT molecular complexity index is 523. The van der Waals surface area contributed by atoms with E-state index in [0.29, 0.717) is 12.8 Å². The van der Waals surface area contributed by atoms with Crippen molar-refractivity contribution >= 4 is 23.9 Å². The van der Waals surface area contributed by atoms with Crippen LogP contribution < -0.4 is 0 Å². The molecular formula is C20H26O7. The van der Waals surface area contributed by atoms with Gasteiger partial charge in [-0.2, -0.15) is 0 Å². The minimum absolute atomic E-state index is 0.183. The van der Waals surface area contributed by atoms with Gasteiger partial charge in [-0.1, -0.05) is 49.6 Å². The molecule has 0 aromatic carbocycles. The van der Waals surface area contributed by atoms with Gasteiger partial charge in [0.1, 0.15) is 0 Å². The van der Waals surface area contributed by atoms with Crippen molar-refractivity contribution in [1.82, 2.24) is 0 Å². The SMILES string of the molecule is C=C/C=C/CCOC(=O)CCC(=O)OC(=O)CCC(=O)OCC/C=C/C=C. The maximum atomic E-state index is 11.5. The molecule has 0 N–H and O–H groups in total. The molecule has 7 nitrogen and oxygen atoms in total. The summed E-state index contributed by atoms with van der Waals surface area (Å²) in [6.45, 7) is 7.41. The Morgan fingerprint density at radius 2 is 1.00 bits per heavy atom. The minimum atomic E-state index is -0.841. The van der Waals surface area contributed by atoms with Crippen molar-refractivity contribution in [2.24, 2.45) is 0 Å². The van der Waals surface area contributed by atoms with Gasteiger partial charge in [-0.05, 0) is 12.8 Å². The van der Waals surface area contributed by atoms with Crippen LogP contribution in [0.3, 0.4) is 0 Å². The summed E-state index contributed by atoms with van der Waals surface area (Å²) in [5.41, 5.74) is 0. The highest BCUT2D eigenvalue weighted by Gasteiger charge is 2.15. The van der Waals surface area contributed by atoms with Crippen molar-refractivity contribution in [3.8, 4) is 0 Å². The van der Waals surface area contributed by atoms with Crippen molar-refractivity contribution in [2.45, 2.75) is 38.5 Å². The van der Waals surface area contributed by atoms with Crippen molar-refractivity contribution in [3.63, 3.8) is 0 Å². The van der Waals surface area contributed by atoms with Crippen molar-refractivity contribution < 1.29 is 33.4 Å². The smallest absolute Gasteiger partial charge is 0.314 e. The van der Waals surface area contributed by atoms with E-state index < -0.39 is 23.9 Å². The third-order valence-electron chi connectivity index (χ3n) is 2.93. The van der Waals surface area contributed by atoms with E-state index in [4.69, 9.17) is 9.47 Å². The van der Waals surface area contributed by atoms with E-state index >= 15 is 0 Å². The van der Waals surface area contributed by atoms with E-state index in [2.05, 4.69) is 17.9 Å². The maximum Gasteiger partial charge on any atom is 0.314 e. The summed E-state index contributed by atoms with van der Waals surface area (Å²) in [6, 6.07) is 0.